The van der Waals surface area contributed by atoms with Gasteiger partial charge in [-0.15, -0.1) is 0 Å². The van der Waals surface area contributed by atoms with Gasteiger partial charge in [0.25, 0.3) is 5.91 Å². The number of fused-ring (bicyclic) bond motifs is 2. The van der Waals surface area contributed by atoms with Gasteiger partial charge in [0.15, 0.2) is 17.6 Å². The normalized spacial score (nSPS) is 22.4. The molecule has 4 heterocycles. The monoisotopic (exact) mass is 523 g/mol. The van der Waals surface area contributed by atoms with Crippen molar-refractivity contribution in [3.8, 4) is 11.5 Å². The number of benzene rings is 2. The van der Waals surface area contributed by atoms with E-state index in [0.717, 1.165) is 29.8 Å². The molecule has 0 bridgehead atoms. The smallest absolute Gasteiger partial charge is 0.256 e. The SMILES string of the molecule is O=C([C@@H](O)c1cccc2c1CN(C1CC1)C2)N1CC2=C(C1)CN(S(=O)(=O)c1ccc3c(c1)OCCO3)C2. The van der Waals surface area contributed by atoms with Crippen LogP contribution in [0.5, 0.6) is 11.5 Å². The van der Waals surface area contributed by atoms with Crippen LogP contribution in [-0.2, 0) is 27.9 Å². The maximum Gasteiger partial charge on any atom is 0.256 e. The van der Waals surface area contributed by atoms with Gasteiger partial charge in [-0.3, -0.25) is 9.69 Å². The Hall–Kier alpha value is -2.92. The summed E-state index contributed by atoms with van der Waals surface area (Å²) in [5.74, 6) is 0.656. The molecule has 7 rings (SSSR count). The topological polar surface area (TPSA) is 99.6 Å². The molecule has 1 atom stereocenters. The van der Waals surface area contributed by atoms with E-state index in [9.17, 15) is 18.3 Å². The van der Waals surface area contributed by atoms with Crippen LogP contribution in [-0.4, -0.2) is 79.0 Å². The van der Waals surface area contributed by atoms with Crippen molar-refractivity contribution < 1.29 is 27.8 Å². The molecule has 0 saturated heterocycles. The summed E-state index contributed by atoms with van der Waals surface area (Å²) in [4.78, 5) is 17.6. The molecule has 2 aromatic rings. The fourth-order valence-corrected chi connectivity index (χ4v) is 7.38. The Morgan fingerprint density at radius 2 is 1.65 bits per heavy atom. The van der Waals surface area contributed by atoms with Crippen LogP contribution in [0.3, 0.4) is 0 Å². The Balaban J connectivity index is 1.02. The number of aliphatic hydroxyl groups is 1. The number of sulfonamides is 1. The van der Waals surface area contributed by atoms with E-state index >= 15 is 0 Å². The number of aliphatic hydroxyl groups excluding tert-OH is 1. The van der Waals surface area contributed by atoms with Crippen LogP contribution in [0.25, 0.3) is 0 Å². The highest BCUT2D eigenvalue weighted by molar-refractivity contribution is 7.89. The van der Waals surface area contributed by atoms with Crippen molar-refractivity contribution in [2.75, 3.05) is 39.4 Å². The lowest BCUT2D eigenvalue weighted by molar-refractivity contribution is -0.139. The molecule has 1 saturated carbocycles. The third kappa shape index (κ3) is 3.94. The second-order valence-corrected chi connectivity index (χ2v) is 12.4. The Morgan fingerprint density at radius 1 is 0.919 bits per heavy atom. The molecule has 10 heteroatoms. The minimum absolute atomic E-state index is 0.166. The molecular weight excluding hydrogens is 494 g/mol. The Bertz CT molecular complexity index is 1420. The van der Waals surface area contributed by atoms with Crippen LogP contribution in [0.1, 0.15) is 35.6 Å². The number of nitrogens with zero attached hydrogens (tertiary/aromatic N) is 3. The standard InChI is InChI=1S/C27H29N3O6S/c31-26(22-3-1-2-17-11-28(16-23(17)22)20-4-5-20)27(32)29-12-18-14-30(15-19(18)13-29)37(33,34)21-6-7-24-25(10-21)36-9-8-35-24/h1-3,6-7,10,20,26,31H,4-5,8-9,11-16H2/t26-/m0/s1. The summed E-state index contributed by atoms with van der Waals surface area (Å²) in [5.41, 5.74) is 4.82. The zero-order chi connectivity index (χ0) is 25.3. The quantitative estimate of drug-likeness (QED) is 0.597. The molecule has 1 N–H and O–H groups in total. The fraction of sp³-hybridized carbons (Fsp3) is 0.444. The van der Waals surface area contributed by atoms with Crippen LogP contribution in [0, 0.1) is 0 Å². The van der Waals surface area contributed by atoms with Crippen LogP contribution < -0.4 is 9.47 Å². The third-order valence-corrected chi connectivity index (χ3v) is 9.88. The third-order valence-electron chi connectivity index (χ3n) is 8.10. The first-order chi connectivity index (χ1) is 17.9. The molecule has 1 amide bonds. The maximum atomic E-state index is 13.3. The summed E-state index contributed by atoms with van der Waals surface area (Å²) in [6, 6.07) is 11.2. The summed E-state index contributed by atoms with van der Waals surface area (Å²) in [6.07, 6.45) is 1.22. The predicted octanol–water partition coefficient (Wildman–Crippen LogP) is 1.81. The van der Waals surface area contributed by atoms with Crippen molar-refractivity contribution >= 4 is 15.9 Å². The van der Waals surface area contributed by atoms with Gasteiger partial charge in [0.2, 0.25) is 10.0 Å². The average molecular weight is 524 g/mol. The molecule has 1 aliphatic carbocycles. The molecule has 4 aliphatic heterocycles. The fourth-order valence-electron chi connectivity index (χ4n) is 5.94. The van der Waals surface area contributed by atoms with E-state index in [-0.39, 0.29) is 23.9 Å². The minimum Gasteiger partial charge on any atom is -0.486 e. The number of ether oxygens (including phenoxy) is 2. The van der Waals surface area contributed by atoms with Gasteiger partial charge in [0.1, 0.15) is 13.2 Å². The first kappa shape index (κ1) is 23.2. The van der Waals surface area contributed by atoms with E-state index in [1.54, 1.807) is 17.0 Å². The molecule has 194 valence electrons. The molecule has 0 unspecified atom stereocenters. The summed E-state index contributed by atoms with van der Waals surface area (Å²) >= 11 is 0. The number of hydrogen-bond donors (Lipinski definition) is 1. The lowest BCUT2D eigenvalue weighted by Crippen LogP contribution is -2.38. The Kier molecular flexibility index (Phi) is 5.37. The second-order valence-electron chi connectivity index (χ2n) is 10.5. The first-order valence-corrected chi connectivity index (χ1v) is 14.2. The van der Waals surface area contributed by atoms with Crippen molar-refractivity contribution in [1.29, 1.82) is 0 Å². The summed E-state index contributed by atoms with van der Waals surface area (Å²) in [6.45, 7) is 3.63. The Labute approximate surface area is 215 Å². The number of carbonyl (C=O) groups excluding carboxylic acids is 1. The van der Waals surface area contributed by atoms with Gasteiger partial charge in [-0.05, 0) is 52.8 Å². The van der Waals surface area contributed by atoms with E-state index in [1.165, 1.54) is 28.8 Å². The molecule has 0 aromatic heterocycles. The molecule has 1 fully saturated rings. The van der Waals surface area contributed by atoms with E-state index in [4.69, 9.17) is 9.47 Å². The molecule has 0 spiro atoms. The highest BCUT2D eigenvalue weighted by atomic mass is 32.2. The highest BCUT2D eigenvalue weighted by Gasteiger charge is 2.40. The Morgan fingerprint density at radius 3 is 2.38 bits per heavy atom. The van der Waals surface area contributed by atoms with Gasteiger partial charge in [-0.2, -0.15) is 4.31 Å². The van der Waals surface area contributed by atoms with Gasteiger partial charge >= 0.3 is 0 Å². The minimum atomic E-state index is -3.73. The van der Waals surface area contributed by atoms with Crippen LogP contribution in [0.15, 0.2) is 52.4 Å². The molecule has 2 aromatic carbocycles. The molecule has 9 nitrogen and oxygen atoms in total. The maximum absolute atomic E-state index is 13.3. The number of hydrogen-bond acceptors (Lipinski definition) is 7. The zero-order valence-electron chi connectivity index (χ0n) is 20.4. The van der Waals surface area contributed by atoms with Crippen molar-refractivity contribution in [3.63, 3.8) is 0 Å². The number of rotatable bonds is 5. The van der Waals surface area contributed by atoms with Crippen molar-refractivity contribution in [1.82, 2.24) is 14.1 Å². The summed E-state index contributed by atoms with van der Waals surface area (Å²) in [5, 5.41) is 11.1. The average Bonchev–Trinajstić information content (AvgIpc) is 3.34. The van der Waals surface area contributed by atoms with Gasteiger partial charge in [0, 0.05) is 51.4 Å². The van der Waals surface area contributed by atoms with Crippen molar-refractivity contribution in [2.45, 2.75) is 43.0 Å². The van der Waals surface area contributed by atoms with Gasteiger partial charge in [-0.25, -0.2) is 8.42 Å². The predicted molar refractivity (Wildman–Crippen MR) is 133 cm³/mol. The lowest BCUT2D eigenvalue weighted by atomic mass is 9.98. The van der Waals surface area contributed by atoms with Gasteiger partial charge in [0.05, 0.1) is 4.90 Å². The van der Waals surface area contributed by atoms with Crippen LogP contribution >= 0.6 is 0 Å². The van der Waals surface area contributed by atoms with E-state index in [0.29, 0.717) is 49.4 Å². The van der Waals surface area contributed by atoms with E-state index in [2.05, 4.69) is 11.0 Å². The van der Waals surface area contributed by atoms with E-state index in [1.807, 2.05) is 12.1 Å². The van der Waals surface area contributed by atoms with Crippen LogP contribution in [0.2, 0.25) is 0 Å². The van der Waals surface area contributed by atoms with Crippen LogP contribution in [0.4, 0.5) is 0 Å². The highest BCUT2D eigenvalue weighted by Crippen LogP contribution is 2.39. The molecule has 37 heavy (non-hydrogen) atoms. The van der Waals surface area contributed by atoms with Crippen molar-refractivity contribution in [2.24, 2.45) is 0 Å². The van der Waals surface area contributed by atoms with Crippen molar-refractivity contribution in [3.05, 3.63) is 64.2 Å². The zero-order valence-corrected chi connectivity index (χ0v) is 21.2. The van der Waals surface area contributed by atoms with E-state index < -0.39 is 16.1 Å². The van der Waals surface area contributed by atoms with Gasteiger partial charge in [-0.1, -0.05) is 18.2 Å². The number of carbonyl (C=O) groups is 1. The molecule has 0 radical (unpaired) electrons. The first-order valence-electron chi connectivity index (χ1n) is 12.8. The second kappa shape index (κ2) is 8.56. The van der Waals surface area contributed by atoms with Gasteiger partial charge < -0.3 is 19.5 Å². The number of amides is 1. The molecule has 5 aliphatic rings. The lowest BCUT2D eigenvalue weighted by Gasteiger charge is -2.25. The summed E-state index contributed by atoms with van der Waals surface area (Å²) in [7, 11) is -3.73. The molecular formula is C27H29N3O6S. The largest absolute Gasteiger partial charge is 0.486 e. The summed E-state index contributed by atoms with van der Waals surface area (Å²) < 4.78 is 39.2.